The minimum atomic E-state index is -3.89. The molecule has 0 radical (unpaired) electrons. The number of aliphatic hydroxyl groups is 1. The van der Waals surface area contributed by atoms with E-state index in [9.17, 15) is 8.42 Å². The Labute approximate surface area is 194 Å². The molecular weight excluding hydrogens is 448 g/mol. The number of nitrogens with one attached hydrogen (secondary N) is 1. The van der Waals surface area contributed by atoms with Gasteiger partial charge < -0.3 is 14.6 Å². The van der Waals surface area contributed by atoms with Crippen LogP contribution in [0.2, 0.25) is 0 Å². The standard InChI is InChI=1S/C21H32N6O5S/c1-14-12-23-17(13-22-14)19(31-3)15(2)33(29,30)26-20-25-24-18(6-10-32-11-9-28)27(20)21(7-8-21)16-4-5-16/h12-13,15-16,19,28H,4-11H2,1-3H3,(H,25,26)/t15-,19-/m0/s1. The molecule has 2 saturated carbocycles. The van der Waals surface area contributed by atoms with E-state index in [2.05, 4.69) is 24.9 Å². The Kier molecular flexibility index (Phi) is 6.99. The fourth-order valence-corrected chi connectivity index (χ4v) is 5.54. The van der Waals surface area contributed by atoms with Gasteiger partial charge in [0, 0.05) is 19.7 Å². The van der Waals surface area contributed by atoms with Crippen molar-refractivity contribution in [3.63, 3.8) is 0 Å². The molecule has 0 unspecified atom stereocenters. The van der Waals surface area contributed by atoms with Gasteiger partial charge in [-0.1, -0.05) is 0 Å². The summed E-state index contributed by atoms with van der Waals surface area (Å²) in [4.78, 5) is 8.51. The molecule has 0 aliphatic heterocycles. The van der Waals surface area contributed by atoms with Crippen LogP contribution >= 0.6 is 0 Å². The number of aliphatic hydroxyl groups excluding tert-OH is 1. The molecule has 0 spiro atoms. The minimum Gasteiger partial charge on any atom is -0.394 e. The summed E-state index contributed by atoms with van der Waals surface area (Å²) in [5.74, 6) is 1.43. The van der Waals surface area contributed by atoms with Crippen molar-refractivity contribution in [3.05, 3.63) is 29.6 Å². The first kappa shape index (κ1) is 24.0. The number of hydrogen-bond acceptors (Lipinski definition) is 9. The fraction of sp³-hybridized carbons (Fsp3) is 0.714. The van der Waals surface area contributed by atoms with Gasteiger partial charge in [-0.3, -0.25) is 19.3 Å². The normalized spacial score (nSPS) is 19.3. The van der Waals surface area contributed by atoms with Crippen molar-refractivity contribution in [2.45, 2.75) is 62.8 Å². The number of methoxy groups -OCH3 is 1. The molecule has 2 aliphatic carbocycles. The van der Waals surface area contributed by atoms with Gasteiger partial charge in [0.15, 0.2) is 0 Å². The second kappa shape index (κ2) is 9.61. The molecule has 2 fully saturated rings. The molecule has 0 bridgehead atoms. The Balaban J connectivity index is 1.58. The molecule has 2 aromatic heterocycles. The molecule has 11 nitrogen and oxygen atoms in total. The molecule has 2 atom stereocenters. The lowest BCUT2D eigenvalue weighted by atomic mass is 10.1. The summed E-state index contributed by atoms with van der Waals surface area (Å²) in [7, 11) is -2.43. The molecule has 2 aliphatic rings. The van der Waals surface area contributed by atoms with E-state index < -0.39 is 21.4 Å². The minimum absolute atomic E-state index is 0.0480. The van der Waals surface area contributed by atoms with Gasteiger partial charge in [-0.25, -0.2) is 8.42 Å². The van der Waals surface area contributed by atoms with Crippen LogP contribution in [-0.4, -0.2) is 70.4 Å². The maximum atomic E-state index is 13.4. The summed E-state index contributed by atoms with van der Waals surface area (Å²) < 4.78 is 42.3. The Morgan fingerprint density at radius 2 is 2.00 bits per heavy atom. The SMILES string of the molecule is CO[C@H](c1cnc(C)cn1)[C@H](C)S(=O)(=O)Nc1nnc(CCOCCO)n1C1(C2CC2)CC1. The van der Waals surface area contributed by atoms with Gasteiger partial charge in [0.25, 0.3) is 0 Å². The van der Waals surface area contributed by atoms with Crippen molar-refractivity contribution in [1.82, 2.24) is 24.7 Å². The number of anilines is 1. The van der Waals surface area contributed by atoms with E-state index in [1.165, 1.54) is 13.3 Å². The number of rotatable bonds is 13. The molecule has 0 amide bonds. The Morgan fingerprint density at radius 3 is 2.58 bits per heavy atom. The van der Waals surface area contributed by atoms with Crippen LogP contribution in [-0.2, 0) is 31.5 Å². The van der Waals surface area contributed by atoms with Crippen molar-refractivity contribution < 1.29 is 23.0 Å². The largest absolute Gasteiger partial charge is 0.394 e. The number of aromatic nitrogens is 5. The zero-order valence-corrected chi connectivity index (χ0v) is 20.1. The lowest BCUT2D eigenvalue weighted by Gasteiger charge is -2.25. The third kappa shape index (κ3) is 5.03. The highest BCUT2D eigenvalue weighted by Crippen LogP contribution is 2.60. The smallest absolute Gasteiger partial charge is 0.240 e. The van der Waals surface area contributed by atoms with Crippen LogP contribution in [0.1, 0.15) is 55.9 Å². The number of ether oxygens (including phenoxy) is 2. The first-order valence-electron chi connectivity index (χ1n) is 11.3. The molecule has 4 rings (SSSR count). The van der Waals surface area contributed by atoms with Gasteiger partial charge in [-0.05, 0) is 45.4 Å². The molecule has 2 heterocycles. The molecule has 182 valence electrons. The maximum absolute atomic E-state index is 13.4. The van der Waals surface area contributed by atoms with E-state index in [0.717, 1.165) is 31.4 Å². The van der Waals surface area contributed by atoms with Gasteiger partial charge in [0.1, 0.15) is 17.2 Å². The van der Waals surface area contributed by atoms with Crippen molar-refractivity contribution in [1.29, 1.82) is 0 Å². The molecular formula is C21H32N6O5S. The van der Waals surface area contributed by atoms with Crippen LogP contribution in [0.25, 0.3) is 0 Å². The summed E-state index contributed by atoms with van der Waals surface area (Å²) in [6, 6.07) is 0. The molecule has 2 aromatic rings. The van der Waals surface area contributed by atoms with Crippen molar-refractivity contribution in [2.24, 2.45) is 5.92 Å². The molecule has 2 N–H and O–H groups in total. The third-order valence-corrected chi connectivity index (χ3v) is 8.17. The molecule has 0 aromatic carbocycles. The summed E-state index contributed by atoms with van der Waals surface area (Å²) >= 11 is 0. The topological polar surface area (TPSA) is 141 Å². The van der Waals surface area contributed by atoms with Crippen LogP contribution in [0.5, 0.6) is 0 Å². The monoisotopic (exact) mass is 480 g/mol. The molecule has 33 heavy (non-hydrogen) atoms. The van der Waals surface area contributed by atoms with Gasteiger partial charge in [-0.2, -0.15) is 0 Å². The number of sulfonamides is 1. The lowest BCUT2D eigenvalue weighted by molar-refractivity contribution is 0.0928. The number of nitrogens with zero attached hydrogens (tertiary/aromatic N) is 5. The zero-order chi connectivity index (χ0) is 23.6. The lowest BCUT2D eigenvalue weighted by Crippen LogP contribution is -2.34. The Bertz CT molecular complexity index is 1050. The van der Waals surface area contributed by atoms with Crippen molar-refractivity contribution in [2.75, 3.05) is 31.7 Å². The fourth-order valence-electron chi connectivity index (χ4n) is 4.39. The van der Waals surface area contributed by atoms with E-state index in [-0.39, 0.29) is 24.7 Å². The van der Waals surface area contributed by atoms with Crippen molar-refractivity contribution in [3.8, 4) is 0 Å². The number of hydrogen-bond donors (Lipinski definition) is 2. The molecule has 0 saturated heterocycles. The van der Waals surface area contributed by atoms with E-state index in [1.807, 2.05) is 11.5 Å². The number of aryl methyl sites for hydroxylation is 1. The summed E-state index contributed by atoms with van der Waals surface area (Å²) in [6.07, 6.45) is 7.01. The van der Waals surface area contributed by atoms with E-state index in [1.54, 1.807) is 13.1 Å². The summed E-state index contributed by atoms with van der Waals surface area (Å²) in [5, 5.41) is 16.5. The summed E-state index contributed by atoms with van der Waals surface area (Å²) in [5.41, 5.74) is 1.06. The van der Waals surface area contributed by atoms with Crippen LogP contribution in [0, 0.1) is 12.8 Å². The van der Waals surface area contributed by atoms with Crippen LogP contribution in [0.3, 0.4) is 0 Å². The molecule has 12 heteroatoms. The quantitative estimate of drug-likeness (QED) is 0.406. The zero-order valence-electron chi connectivity index (χ0n) is 19.3. The average molecular weight is 481 g/mol. The Hall–Kier alpha value is -2.15. The maximum Gasteiger partial charge on any atom is 0.240 e. The van der Waals surface area contributed by atoms with Crippen LogP contribution in [0.15, 0.2) is 12.4 Å². The predicted octanol–water partition coefficient (Wildman–Crippen LogP) is 1.34. The highest BCUT2D eigenvalue weighted by molar-refractivity contribution is 7.93. The van der Waals surface area contributed by atoms with E-state index in [4.69, 9.17) is 14.6 Å². The first-order valence-corrected chi connectivity index (χ1v) is 12.8. The van der Waals surface area contributed by atoms with Crippen molar-refractivity contribution >= 4 is 16.0 Å². The van der Waals surface area contributed by atoms with Gasteiger partial charge in [0.2, 0.25) is 16.0 Å². The van der Waals surface area contributed by atoms with Gasteiger partial charge in [-0.15, -0.1) is 10.2 Å². The predicted molar refractivity (Wildman–Crippen MR) is 120 cm³/mol. The third-order valence-electron chi connectivity index (χ3n) is 6.48. The van der Waals surface area contributed by atoms with E-state index >= 15 is 0 Å². The van der Waals surface area contributed by atoms with Crippen LogP contribution in [0.4, 0.5) is 5.95 Å². The van der Waals surface area contributed by atoms with E-state index in [0.29, 0.717) is 30.5 Å². The first-order chi connectivity index (χ1) is 15.8. The van der Waals surface area contributed by atoms with Gasteiger partial charge in [0.05, 0.1) is 42.9 Å². The Morgan fingerprint density at radius 1 is 1.24 bits per heavy atom. The summed E-state index contributed by atoms with van der Waals surface area (Å²) in [6.45, 7) is 3.97. The second-order valence-electron chi connectivity index (χ2n) is 8.83. The average Bonchev–Trinajstić information content (AvgIpc) is 3.71. The highest BCUT2D eigenvalue weighted by Gasteiger charge is 2.57. The second-order valence-corrected chi connectivity index (χ2v) is 10.9. The van der Waals surface area contributed by atoms with Crippen LogP contribution < -0.4 is 4.72 Å². The van der Waals surface area contributed by atoms with Gasteiger partial charge >= 0.3 is 0 Å². The highest BCUT2D eigenvalue weighted by atomic mass is 32.2.